The molecule has 1 aliphatic carbocycles. The summed E-state index contributed by atoms with van der Waals surface area (Å²) in [6.45, 7) is 2.43. The number of nitrogens with zero attached hydrogens (tertiary/aromatic N) is 1. The fourth-order valence-electron chi connectivity index (χ4n) is 9.18. The predicted molar refractivity (Wildman–Crippen MR) is 240 cm³/mol. The van der Waals surface area contributed by atoms with Crippen LogP contribution in [0.4, 0.5) is 17.1 Å². The molecule has 0 aliphatic heterocycles. The van der Waals surface area contributed by atoms with Gasteiger partial charge in [-0.3, -0.25) is 0 Å². The Labute approximate surface area is 331 Å². The van der Waals surface area contributed by atoms with Crippen LogP contribution in [-0.2, 0) is 5.41 Å². The van der Waals surface area contributed by atoms with Gasteiger partial charge in [-0.1, -0.05) is 164 Å². The molecule has 1 aliphatic rings. The van der Waals surface area contributed by atoms with E-state index in [-0.39, 0.29) is 5.41 Å². The summed E-state index contributed by atoms with van der Waals surface area (Å²) in [5, 5.41) is 5.14. The lowest BCUT2D eigenvalue weighted by Crippen LogP contribution is -2.23. The van der Waals surface area contributed by atoms with Gasteiger partial charge in [0.25, 0.3) is 0 Å². The van der Waals surface area contributed by atoms with E-state index >= 15 is 0 Å². The van der Waals surface area contributed by atoms with Crippen LogP contribution in [0.5, 0.6) is 0 Å². The summed E-state index contributed by atoms with van der Waals surface area (Å²) in [4.78, 5) is 2.46. The first-order chi connectivity index (χ1) is 27.6. The van der Waals surface area contributed by atoms with Gasteiger partial charge in [0, 0.05) is 32.3 Å². The van der Waals surface area contributed by atoms with E-state index in [1.54, 1.807) is 0 Å². The second-order valence-electron chi connectivity index (χ2n) is 15.0. The van der Waals surface area contributed by atoms with Crippen LogP contribution in [0.3, 0.4) is 0 Å². The van der Waals surface area contributed by atoms with E-state index in [4.69, 9.17) is 0 Å². The van der Waals surface area contributed by atoms with Gasteiger partial charge < -0.3 is 4.90 Å². The lowest BCUT2D eigenvalue weighted by atomic mass is 9.72. The number of benzene rings is 9. The highest BCUT2D eigenvalue weighted by molar-refractivity contribution is 7.26. The number of anilines is 3. The summed E-state index contributed by atoms with van der Waals surface area (Å²) in [7, 11) is 0. The maximum atomic E-state index is 2.46. The van der Waals surface area contributed by atoms with E-state index in [0.29, 0.717) is 0 Å². The zero-order chi connectivity index (χ0) is 37.2. The van der Waals surface area contributed by atoms with Crippen LogP contribution in [0.25, 0.3) is 64.3 Å². The van der Waals surface area contributed by atoms with Gasteiger partial charge in [0.15, 0.2) is 0 Å². The van der Waals surface area contributed by atoms with Crippen molar-refractivity contribution < 1.29 is 0 Å². The maximum absolute atomic E-state index is 2.46. The van der Waals surface area contributed by atoms with Gasteiger partial charge in [0.05, 0.1) is 10.4 Å². The van der Waals surface area contributed by atoms with Crippen LogP contribution in [0, 0.1) is 0 Å². The van der Waals surface area contributed by atoms with Crippen molar-refractivity contribution in [1.29, 1.82) is 0 Å². The van der Waals surface area contributed by atoms with Crippen LogP contribution in [-0.4, -0.2) is 0 Å². The highest BCUT2D eigenvalue weighted by Gasteiger charge is 2.42. The number of hydrogen-bond donors (Lipinski definition) is 0. The Morgan fingerprint density at radius 3 is 1.64 bits per heavy atom. The van der Waals surface area contributed by atoms with Crippen molar-refractivity contribution >= 4 is 59.3 Å². The van der Waals surface area contributed by atoms with Gasteiger partial charge in [0.1, 0.15) is 0 Å². The average Bonchev–Trinajstić information content (AvgIpc) is 3.79. The molecule has 9 aromatic carbocycles. The van der Waals surface area contributed by atoms with Crippen LogP contribution in [0.15, 0.2) is 206 Å². The number of thiophene rings is 1. The zero-order valence-electron chi connectivity index (χ0n) is 31.0. The smallest absolute Gasteiger partial charge is 0.0640 e. The second kappa shape index (κ2) is 12.9. The Balaban J connectivity index is 1.12. The van der Waals surface area contributed by atoms with E-state index in [1.165, 1.54) is 86.7 Å². The molecule has 0 radical (unpaired) electrons. The third-order valence-corrected chi connectivity index (χ3v) is 13.1. The molecule has 1 heterocycles. The molecule has 0 amide bonds. The maximum Gasteiger partial charge on any atom is 0.0640 e. The van der Waals surface area contributed by atoms with Crippen molar-refractivity contribution in [2.45, 2.75) is 12.3 Å². The van der Waals surface area contributed by atoms with Crippen molar-refractivity contribution in [2.75, 3.05) is 4.90 Å². The molecule has 11 rings (SSSR count). The Morgan fingerprint density at radius 1 is 0.411 bits per heavy atom. The summed E-state index contributed by atoms with van der Waals surface area (Å²) in [6, 6.07) is 75.9. The molecule has 1 aromatic heterocycles. The molecule has 56 heavy (non-hydrogen) atoms. The van der Waals surface area contributed by atoms with Gasteiger partial charge in [-0.2, -0.15) is 0 Å². The normalized spacial score (nSPS) is 12.9. The summed E-state index contributed by atoms with van der Waals surface area (Å²) >= 11 is 1.90. The van der Waals surface area contributed by atoms with Crippen molar-refractivity contribution in [2.24, 2.45) is 0 Å². The van der Waals surface area contributed by atoms with Gasteiger partial charge in [-0.15, -0.1) is 11.3 Å². The standard InChI is InChI=1S/C54H37NS/c1-54(47-20-10-7-17-44(47)45-18-8-11-21-48(45)54)49-33-34-50(53-52(49)46-19-9-12-22-51(46)56-53)55(42-29-25-38(26-30-42)36-13-3-2-4-14-36)43-31-27-39(28-32-43)41-24-23-37-15-5-6-16-40(37)35-41/h2-35H,1H3. The SMILES string of the molecule is CC1(c2ccc(N(c3ccc(-c4ccccc4)cc3)c3ccc(-c4ccc5ccccc5c4)cc3)c3sc4ccccc4c23)c2ccccc2-c2ccccc21. The summed E-state index contributed by atoms with van der Waals surface area (Å²) in [5.74, 6) is 0. The molecular weight excluding hydrogens is 695 g/mol. The van der Waals surface area contributed by atoms with E-state index in [0.717, 1.165) is 11.4 Å². The number of fused-ring (bicyclic) bond motifs is 7. The van der Waals surface area contributed by atoms with Gasteiger partial charge >= 0.3 is 0 Å². The van der Waals surface area contributed by atoms with Crippen LogP contribution < -0.4 is 4.90 Å². The summed E-state index contributed by atoms with van der Waals surface area (Å²) < 4.78 is 2.59. The quantitative estimate of drug-likeness (QED) is 0.165. The highest BCUT2D eigenvalue weighted by Crippen LogP contribution is 2.56. The van der Waals surface area contributed by atoms with Crippen LogP contribution in [0.2, 0.25) is 0 Å². The highest BCUT2D eigenvalue weighted by atomic mass is 32.1. The van der Waals surface area contributed by atoms with Crippen LogP contribution >= 0.6 is 11.3 Å². The topological polar surface area (TPSA) is 3.24 Å². The fourth-order valence-corrected chi connectivity index (χ4v) is 10.4. The Kier molecular flexibility index (Phi) is 7.55. The Hall–Kier alpha value is -6.74. The van der Waals surface area contributed by atoms with Crippen molar-refractivity contribution in [3.63, 3.8) is 0 Å². The fraction of sp³-hybridized carbons (Fsp3) is 0.0370. The minimum atomic E-state index is -0.322. The second-order valence-corrected chi connectivity index (χ2v) is 16.1. The van der Waals surface area contributed by atoms with Gasteiger partial charge in [-0.25, -0.2) is 0 Å². The molecular formula is C54H37NS. The van der Waals surface area contributed by atoms with Crippen LogP contribution in [0.1, 0.15) is 23.6 Å². The zero-order valence-corrected chi connectivity index (χ0v) is 31.8. The molecule has 2 heteroatoms. The molecule has 0 saturated heterocycles. The molecule has 0 atom stereocenters. The number of rotatable bonds is 6. The van der Waals surface area contributed by atoms with E-state index in [2.05, 4.69) is 218 Å². The average molecular weight is 732 g/mol. The molecule has 0 N–H and O–H groups in total. The molecule has 264 valence electrons. The molecule has 0 fully saturated rings. The Bertz CT molecular complexity index is 3040. The van der Waals surface area contributed by atoms with Gasteiger partial charge in [0.2, 0.25) is 0 Å². The first-order valence-electron chi connectivity index (χ1n) is 19.3. The monoisotopic (exact) mass is 731 g/mol. The molecule has 0 bridgehead atoms. The van der Waals surface area contributed by atoms with E-state index in [9.17, 15) is 0 Å². The molecule has 0 saturated carbocycles. The van der Waals surface area contributed by atoms with E-state index in [1.807, 2.05) is 11.3 Å². The molecule has 0 spiro atoms. The molecule has 1 nitrogen and oxygen atoms in total. The minimum absolute atomic E-state index is 0.322. The first-order valence-corrected chi connectivity index (χ1v) is 20.2. The lowest BCUT2D eigenvalue weighted by molar-refractivity contribution is 0.722. The largest absolute Gasteiger partial charge is 0.309 e. The third-order valence-electron chi connectivity index (χ3n) is 11.9. The Morgan fingerprint density at radius 2 is 0.946 bits per heavy atom. The summed E-state index contributed by atoms with van der Waals surface area (Å²) in [5.41, 5.74) is 14.7. The van der Waals surface area contributed by atoms with Gasteiger partial charge in [-0.05, 0) is 110 Å². The number of hydrogen-bond acceptors (Lipinski definition) is 2. The summed E-state index contributed by atoms with van der Waals surface area (Å²) in [6.07, 6.45) is 0. The van der Waals surface area contributed by atoms with E-state index < -0.39 is 0 Å². The van der Waals surface area contributed by atoms with Crippen molar-refractivity contribution in [3.8, 4) is 33.4 Å². The lowest BCUT2D eigenvalue weighted by Gasteiger charge is -2.31. The van der Waals surface area contributed by atoms with Crippen molar-refractivity contribution in [3.05, 3.63) is 223 Å². The molecule has 0 unspecified atom stereocenters. The minimum Gasteiger partial charge on any atom is -0.309 e. The third kappa shape index (κ3) is 5.07. The molecule has 10 aromatic rings. The first kappa shape index (κ1) is 32.7. The predicted octanol–water partition coefficient (Wildman–Crippen LogP) is 15.3. The van der Waals surface area contributed by atoms with Crippen molar-refractivity contribution in [1.82, 2.24) is 0 Å².